The Morgan fingerprint density at radius 3 is 2.85 bits per heavy atom. The van der Waals surface area contributed by atoms with Crippen LogP contribution in [0.25, 0.3) is 0 Å². The van der Waals surface area contributed by atoms with Gasteiger partial charge in [0, 0.05) is 44.5 Å². The maximum atomic E-state index is 12.5. The van der Waals surface area contributed by atoms with Gasteiger partial charge in [-0.25, -0.2) is 0 Å². The molecule has 0 spiro atoms. The lowest BCUT2D eigenvalue weighted by atomic mass is 10.0. The normalized spacial score (nSPS) is 21.8. The molecule has 1 amide bonds. The standard InChI is InChI=1S/C14H21N3O3/c1-14(2)9-17(8-11(7-15)20-14)13(19)10-4-5-16(3)12(18)6-10/h4-6,11H,7-9,15H2,1-3H3. The number of nitrogens with zero attached hydrogens (tertiary/aromatic N) is 2. The number of aromatic nitrogens is 1. The highest BCUT2D eigenvalue weighted by Crippen LogP contribution is 2.21. The fourth-order valence-electron chi connectivity index (χ4n) is 2.44. The second-order valence-corrected chi connectivity index (χ2v) is 5.79. The van der Waals surface area contributed by atoms with Crippen molar-refractivity contribution in [2.45, 2.75) is 25.6 Å². The van der Waals surface area contributed by atoms with Crippen LogP contribution >= 0.6 is 0 Å². The van der Waals surface area contributed by atoms with Gasteiger partial charge in [-0.2, -0.15) is 0 Å². The minimum atomic E-state index is -0.433. The van der Waals surface area contributed by atoms with E-state index < -0.39 is 5.60 Å². The summed E-state index contributed by atoms with van der Waals surface area (Å²) in [5.74, 6) is -0.155. The number of hydrogen-bond donors (Lipinski definition) is 1. The van der Waals surface area contributed by atoms with Gasteiger partial charge in [0.15, 0.2) is 0 Å². The molecule has 110 valence electrons. The molecular formula is C14H21N3O3. The maximum absolute atomic E-state index is 12.5. The number of amides is 1. The van der Waals surface area contributed by atoms with Gasteiger partial charge in [-0.15, -0.1) is 0 Å². The van der Waals surface area contributed by atoms with Crippen molar-refractivity contribution in [1.82, 2.24) is 9.47 Å². The Kier molecular flexibility index (Phi) is 3.96. The number of nitrogens with two attached hydrogens (primary N) is 1. The quantitative estimate of drug-likeness (QED) is 0.824. The topological polar surface area (TPSA) is 77.6 Å². The van der Waals surface area contributed by atoms with Crippen molar-refractivity contribution in [3.05, 3.63) is 34.2 Å². The second-order valence-electron chi connectivity index (χ2n) is 5.79. The SMILES string of the molecule is Cn1ccc(C(=O)N2CC(CN)OC(C)(C)C2)cc1=O. The van der Waals surface area contributed by atoms with Crippen LogP contribution in [-0.2, 0) is 11.8 Å². The summed E-state index contributed by atoms with van der Waals surface area (Å²) in [7, 11) is 1.65. The molecule has 1 aliphatic heterocycles. The van der Waals surface area contributed by atoms with Crippen molar-refractivity contribution in [2.75, 3.05) is 19.6 Å². The smallest absolute Gasteiger partial charge is 0.254 e. The number of pyridine rings is 1. The first-order valence-corrected chi connectivity index (χ1v) is 6.66. The highest BCUT2D eigenvalue weighted by atomic mass is 16.5. The van der Waals surface area contributed by atoms with E-state index in [1.165, 1.54) is 10.6 Å². The molecule has 1 saturated heterocycles. The minimum Gasteiger partial charge on any atom is -0.367 e. The average Bonchev–Trinajstić information content (AvgIpc) is 2.39. The van der Waals surface area contributed by atoms with Gasteiger partial charge in [-0.3, -0.25) is 9.59 Å². The molecule has 0 aliphatic carbocycles. The van der Waals surface area contributed by atoms with Gasteiger partial charge in [0.2, 0.25) is 0 Å². The molecule has 1 aromatic rings. The summed E-state index contributed by atoms with van der Waals surface area (Å²) < 4.78 is 7.23. The zero-order valence-corrected chi connectivity index (χ0v) is 12.1. The van der Waals surface area contributed by atoms with E-state index >= 15 is 0 Å². The van der Waals surface area contributed by atoms with E-state index in [-0.39, 0.29) is 17.6 Å². The van der Waals surface area contributed by atoms with Crippen molar-refractivity contribution >= 4 is 5.91 Å². The van der Waals surface area contributed by atoms with Gasteiger partial charge in [-0.1, -0.05) is 0 Å². The summed E-state index contributed by atoms with van der Waals surface area (Å²) in [6.07, 6.45) is 1.43. The number of morpholine rings is 1. The molecule has 2 heterocycles. The third kappa shape index (κ3) is 3.08. The lowest BCUT2D eigenvalue weighted by Gasteiger charge is -2.42. The van der Waals surface area contributed by atoms with Gasteiger partial charge in [0.05, 0.1) is 11.7 Å². The summed E-state index contributed by atoms with van der Waals surface area (Å²) in [6.45, 7) is 5.16. The molecule has 1 atom stereocenters. The van der Waals surface area contributed by atoms with Crippen LogP contribution in [0.1, 0.15) is 24.2 Å². The number of carbonyl (C=O) groups is 1. The van der Waals surface area contributed by atoms with Gasteiger partial charge in [0.25, 0.3) is 11.5 Å². The Balaban J connectivity index is 2.23. The molecule has 0 aromatic carbocycles. The minimum absolute atomic E-state index is 0.155. The fourth-order valence-corrected chi connectivity index (χ4v) is 2.44. The molecule has 6 heteroatoms. The zero-order chi connectivity index (χ0) is 14.9. The number of carbonyl (C=O) groups excluding carboxylic acids is 1. The average molecular weight is 279 g/mol. The highest BCUT2D eigenvalue weighted by Gasteiger charge is 2.35. The number of rotatable bonds is 2. The lowest BCUT2D eigenvalue weighted by Crippen LogP contribution is -2.56. The van der Waals surface area contributed by atoms with Crippen LogP contribution in [0.2, 0.25) is 0 Å². The molecule has 2 N–H and O–H groups in total. The molecule has 1 unspecified atom stereocenters. The van der Waals surface area contributed by atoms with Crippen LogP contribution in [0.3, 0.4) is 0 Å². The summed E-state index contributed by atoms with van der Waals surface area (Å²) in [5, 5.41) is 0. The molecular weight excluding hydrogens is 258 g/mol. The van der Waals surface area contributed by atoms with Gasteiger partial charge < -0.3 is 19.9 Å². The van der Waals surface area contributed by atoms with Gasteiger partial charge in [0.1, 0.15) is 0 Å². The number of aryl methyl sites for hydroxylation is 1. The van der Waals surface area contributed by atoms with E-state index in [9.17, 15) is 9.59 Å². The molecule has 2 rings (SSSR count). The van der Waals surface area contributed by atoms with Crippen LogP contribution in [0.4, 0.5) is 0 Å². The highest BCUT2D eigenvalue weighted by molar-refractivity contribution is 5.94. The van der Waals surface area contributed by atoms with Gasteiger partial charge >= 0.3 is 0 Å². The monoisotopic (exact) mass is 279 g/mol. The maximum Gasteiger partial charge on any atom is 0.254 e. The third-order valence-corrected chi connectivity index (χ3v) is 3.38. The summed E-state index contributed by atoms with van der Waals surface area (Å²) in [4.78, 5) is 25.8. The molecule has 1 aliphatic rings. The van der Waals surface area contributed by atoms with Crippen LogP contribution in [0.15, 0.2) is 23.1 Å². The van der Waals surface area contributed by atoms with Crippen molar-refractivity contribution in [3.63, 3.8) is 0 Å². The van der Waals surface area contributed by atoms with Crippen molar-refractivity contribution in [1.29, 1.82) is 0 Å². The Hall–Kier alpha value is -1.66. The Morgan fingerprint density at radius 1 is 1.55 bits per heavy atom. The summed E-state index contributed by atoms with van der Waals surface area (Å²) >= 11 is 0. The van der Waals surface area contributed by atoms with E-state index in [1.807, 2.05) is 13.8 Å². The van der Waals surface area contributed by atoms with E-state index in [0.717, 1.165) is 0 Å². The molecule has 20 heavy (non-hydrogen) atoms. The summed E-state index contributed by atoms with van der Waals surface area (Å²) in [6, 6.07) is 3.02. The van der Waals surface area contributed by atoms with E-state index in [1.54, 1.807) is 24.2 Å². The predicted molar refractivity (Wildman–Crippen MR) is 75.6 cm³/mol. The molecule has 0 radical (unpaired) electrons. The largest absolute Gasteiger partial charge is 0.367 e. The van der Waals surface area contributed by atoms with E-state index in [0.29, 0.717) is 25.2 Å². The first-order valence-electron chi connectivity index (χ1n) is 6.66. The lowest BCUT2D eigenvalue weighted by molar-refractivity contribution is -0.122. The van der Waals surface area contributed by atoms with Crippen molar-refractivity contribution < 1.29 is 9.53 Å². The molecule has 0 saturated carbocycles. The van der Waals surface area contributed by atoms with Crippen molar-refractivity contribution in [3.8, 4) is 0 Å². The third-order valence-electron chi connectivity index (χ3n) is 3.38. The second kappa shape index (κ2) is 5.38. The van der Waals surface area contributed by atoms with E-state index in [4.69, 9.17) is 10.5 Å². The van der Waals surface area contributed by atoms with Crippen LogP contribution in [-0.4, -0.2) is 46.7 Å². The fraction of sp³-hybridized carbons (Fsp3) is 0.571. The Morgan fingerprint density at radius 2 is 2.25 bits per heavy atom. The first kappa shape index (κ1) is 14.7. The van der Waals surface area contributed by atoms with Crippen molar-refractivity contribution in [2.24, 2.45) is 12.8 Å². The van der Waals surface area contributed by atoms with E-state index in [2.05, 4.69) is 0 Å². The molecule has 1 aromatic heterocycles. The number of hydrogen-bond acceptors (Lipinski definition) is 4. The van der Waals surface area contributed by atoms with Gasteiger partial charge in [-0.05, 0) is 19.9 Å². The van der Waals surface area contributed by atoms with Crippen LogP contribution < -0.4 is 11.3 Å². The zero-order valence-electron chi connectivity index (χ0n) is 12.1. The Labute approximate surface area is 118 Å². The molecule has 6 nitrogen and oxygen atoms in total. The molecule has 0 bridgehead atoms. The predicted octanol–water partition coefficient (Wildman–Crippen LogP) is -0.0364. The first-order chi connectivity index (χ1) is 9.32. The number of ether oxygens (including phenoxy) is 1. The summed E-state index contributed by atoms with van der Waals surface area (Å²) in [5.41, 5.74) is 5.43. The van der Waals surface area contributed by atoms with Crippen LogP contribution in [0.5, 0.6) is 0 Å². The molecule has 1 fully saturated rings. The Bertz CT molecular complexity index is 565. The van der Waals surface area contributed by atoms with Crippen LogP contribution in [0, 0.1) is 0 Å².